The average Bonchev–Trinajstić information content (AvgIpc) is 2.42. The van der Waals surface area contributed by atoms with Crippen molar-refractivity contribution in [3.05, 3.63) is 41.0 Å². The normalized spacial score (nSPS) is 32.0. The monoisotopic (exact) mass is 296 g/mol. The predicted molar refractivity (Wildman–Crippen MR) is 92.7 cm³/mol. The van der Waals surface area contributed by atoms with Gasteiger partial charge >= 0.3 is 0 Å². The largest absolute Gasteiger partial charge is 0.294 e. The highest BCUT2D eigenvalue weighted by molar-refractivity contribution is 6.03. The van der Waals surface area contributed by atoms with Gasteiger partial charge in [0, 0.05) is 5.92 Å². The molecule has 3 saturated carbocycles. The number of allylic oxidation sites excluding steroid dienone is 1. The van der Waals surface area contributed by atoms with E-state index in [4.69, 9.17) is 0 Å². The second-order valence-electron chi connectivity index (χ2n) is 8.84. The first-order valence-corrected chi connectivity index (χ1v) is 8.48. The van der Waals surface area contributed by atoms with Crippen LogP contribution < -0.4 is 0 Å². The lowest BCUT2D eigenvalue weighted by molar-refractivity contribution is -0.139. The summed E-state index contributed by atoms with van der Waals surface area (Å²) in [5.74, 6) is 1.58. The Balaban J connectivity index is 1.93. The van der Waals surface area contributed by atoms with Crippen LogP contribution in [0.2, 0.25) is 0 Å². The van der Waals surface area contributed by atoms with Gasteiger partial charge < -0.3 is 0 Å². The van der Waals surface area contributed by atoms with Crippen molar-refractivity contribution in [2.75, 3.05) is 0 Å². The van der Waals surface area contributed by atoms with Gasteiger partial charge in [0.1, 0.15) is 0 Å². The molecule has 0 aliphatic heterocycles. The Labute approximate surface area is 134 Å². The molecule has 118 valence electrons. The molecule has 0 aromatic heterocycles. The molecule has 1 aromatic carbocycles. The van der Waals surface area contributed by atoms with E-state index >= 15 is 0 Å². The number of ketones is 1. The SMILES string of the molecule is CC1C(=O)C(=Cc2ccc(C(C)(C)C)cc2)C2CC1C2(C)C. The van der Waals surface area contributed by atoms with Crippen molar-refractivity contribution in [2.45, 2.75) is 53.4 Å². The van der Waals surface area contributed by atoms with Crippen LogP contribution in [0.25, 0.3) is 6.08 Å². The van der Waals surface area contributed by atoms with E-state index in [1.165, 1.54) is 12.0 Å². The molecule has 3 atom stereocenters. The number of hydrogen-bond donors (Lipinski definition) is 0. The molecule has 22 heavy (non-hydrogen) atoms. The zero-order valence-electron chi connectivity index (χ0n) is 14.7. The van der Waals surface area contributed by atoms with Gasteiger partial charge in [0.05, 0.1) is 0 Å². The summed E-state index contributed by atoms with van der Waals surface area (Å²) < 4.78 is 0. The second-order valence-corrected chi connectivity index (χ2v) is 8.84. The molecule has 3 aliphatic rings. The third-order valence-corrected chi connectivity index (χ3v) is 6.12. The molecule has 0 N–H and O–H groups in total. The number of carbonyl (C=O) groups excluding carboxylic acids is 1. The molecule has 0 spiro atoms. The Morgan fingerprint density at radius 2 is 1.73 bits per heavy atom. The van der Waals surface area contributed by atoms with E-state index in [0.29, 0.717) is 17.6 Å². The second kappa shape index (κ2) is 4.81. The van der Waals surface area contributed by atoms with E-state index < -0.39 is 0 Å². The van der Waals surface area contributed by atoms with Crippen molar-refractivity contribution in [1.82, 2.24) is 0 Å². The molecule has 0 heterocycles. The molecule has 1 aromatic rings. The van der Waals surface area contributed by atoms with E-state index in [1.807, 2.05) is 0 Å². The van der Waals surface area contributed by atoms with Gasteiger partial charge in [0.25, 0.3) is 0 Å². The number of hydrogen-bond acceptors (Lipinski definition) is 1. The third-order valence-electron chi connectivity index (χ3n) is 6.12. The number of Topliss-reactive ketones (excluding diaryl/α,β-unsaturated/α-hetero) is 1. The van der Waals surface area contributed by atoms with Crippen molar-refractivity contribution in [2.24, 2.45) is 23.2 Å². The van der Waals surface area contributed by atoms with E-state index in [-0.39, 0.29) is 16.7 Å². The summed E-state index contributed by atoms with van der Waals surface area (Å²) in [4.78, 5) is 12.6. The molecule has 3 aliphatic carbocycles. The molecule has 1 nitrogen and oxygen atoms in total. The number of fused-ring (bicyclic) bond motifs is 2. The van der Waals surface area contributed by atoms with Gasteiger partial charge in [-0.1, -0.05) is 65.8 Å². The van der Waals surface area contributed by atoms with Crippen LogP contribution in [0.5, 0.6) is 0 Å². The maximum atomic E-state index is 12.6. The number of rotatable bonds is 1. The number of benzene rings is 1. The fraction of sp³-hybridized carbons (Fsp3) is 0.571. The van der Waals surface area contributed by atoms with Gasteiger partial charge in [0.15, 0.2) is 5.78 Å². The zero-order valence-corrected chi connectivity index (χ0v) is 14.7. The minimum atomic E-state index is 0.171. The van der Waals surface area contributed by atoms with Crippen molar-refractivity contribution >= 4 is 11.9 Å². The van der Waals surface area contributed by atoms with E-state index in [9.17, 15) is 4.79 Å². The topological polar surface area (TPSA) is 17.1 Å². The number of carbonyl (C=O) groups is 1. The van der Waals surface area contributed by atoms with Gasteiger partial charge in [-0.05, 0) is 51.9 Å². The van der Waals surface area contributed by atoms with Crippen LogP contribution in [-0.2, 0) is 10.2 Å². The summed E-state index contributed by atoms with van der Waals surface area (Å²) in [5.41, 5.74) is 4.00. The maximum Gasteiger partial charge on any atom is 0.162 e. The van der Waals surface area contributed by atoms with Crippen LogP contribution in [0.15, 0.2) is 29.8 Å². The smallest absolute Gasteiger partial charge is 0.162 e. The summed E-state index contributed by atoms with van der Waals surface area (Å²) in [6.07, 6.45) is 3.33. The third kappa shape index (κ3) is 2.26. The van der Waals surface area contributed by atoms with Crippen molar-refractivity contribution < 1.29 is 4.79 Å². The minimum absolute atomic E-state index is 0.171. The first kappa shape index (κ1) is 15.5. The van der Waals surface area contributed by atoms with Crippen LogP contribution in [0, 0.1) is 23.2 Å². The first-order chi connectivity index (χ1) is 10.1. The molecule has 0 amide bonds. The predicted octanol–water partition coefficient (Wildman–Crippen LogP) is 5.25. The highest BCUT2D eigenvalue weighted by Crippen LogP contribution is 2.62. The molecule has 3 unspecified atom stereocenters. The fourth-order valence-corrected chi connectivity index (χ4v) is 4.38. The van der Waals surface area contributed by atoms with Crippen LogP contribution in [0.4, 0.5) is 0 Å². The van der Waals surface area contributed by atoms with Gasteiger partial charge in [-0.3, -0.25) is 4.79 Å². The lowest BCUT2D eigenvalue weighted by Crippen LogP contribution is -2.56. The molecule has 1 heteroatoms. The summed E-state index contributed by atoms with van der Waals surface area (Å²) in [6, 6.07) is 8.70. The average molecular weight is 296 g/mol. The Kier molecular flexibility index (Phi) is 3.39. The molecule has 0 radical (unpaired) electrons. The Morgan fingerprint density at radius 3 is 2.23 bits per heavy atom. The summed E-state index contributed by atoms with van der Waals surface area (Å²) >= 11 is 0. The van der Waals surface area contributed by atoms with Crippen LogP contribution >= 0.6 is 0 Å². The van der Waals surface area contributed by atoms with Crippen molar-refractivity contribution in [1.29, 1.82) is 0 Å². The van der Waals surface area contributed by atoms with Gasteiger partial charge in [-0.25, -0.2) is 0 Å². The van der Waals surface area contributed by atoms with E-state index in [0.717, 1.165) is 11.1 Å². The van der Waals surface area contributed by atoms with Gasteiger partial charge in [0.2, 0.25) is 0 Å². The van der Waals surface area contributed by atoms with Crippen LogP contribution in [0.3, 0.4) is 0 Å². The van der Waals surface area contributed by atoms with Gasteiger partial charge in [-0.2, -0.15) is 0 Å². The molecular formula is C21H28O. The molecule has 4 rings (SSSR count). The lowest BCUT2D eigenvalue weighted by Gasteiger charge is -2.59. The van der Waals surface area contributed by atoms with Crippen LogP contribution in [-0.4, -0.2) is 5.78 Å². The van der Waals surface area contributed by atoms with Crippen molar-refractivity contribution in [3.63, 3.8) is 0 Å². The first-order valence-electron chi connectivity index (χ1n) is 8.48. The van der Waals surface area contributed by atoms with E-state index in [1.54, 1.807) is 0 Å². The quantitative estimate of drug-likeness (QED) is 0.647. The molecule has 0 saturated heterocycles. The highest BCUT2D eigenvalue weighted by atomic mass is 16.1. The fourth-order valence-electron chi connectivity index (χ4n) is 4.38. The highest BCUT2D eigenvalue weighted by Gasteiger charge is 2.58. The maximum absolute atomic E-state index is 12.6. The Hall–Kier alpha value is -1.37. The Bertz CT molecular complexity index is 625. The standard InChI is InChI=1S/C21H28O/c1-13-17-12-18(21(17,5)6)16(19(13)22)11-14-7-9-15(10-8-14)20(2,3)4/h7-11,13,17-18H,12H2,1-6H3. The molecular weight excluding hydrogens is 268 g/mol. The Morgan fingerprint density at radius 1 is 1.14 bits per heavy atom. The zero-order chi connectivity index (χ0) is 16.3. The van der Waals surface area contributed by atoms with Crippen molar-refractivity contribution in [3.8, 4) is 0 Å². The summed E-state index contributed by atoms with van der Waals surface area (Å²) in [6.45, 7) is 13.4. The van der Waals surface area contributed by atoms with Crippen LogP contribution in [0.1, 0.15) is 59.1 Å². The molecule has 2 bridgehead atoms. The summed E-state index contributed by atoms with van der Waals surface area (Å²) in [7, 11) is 0. The lowest BCUT2D eigenvalue weighted by atomic mass is 9.44. The summed E-state index contributed by atoms with van der Waals surface area (Å²) in [5, 5.41) is 0. The minimum Gasteiger partial charge on any atom is -0.294 e. The van der Waals surface area contributed by atoms with E-state index in [2.05, 4.69) is 71.9 Å². The molecule has 3 fully saturated rings. The van der Waals surface area contributed by atoms with Gasteiger partial charge in [-0.15, -0.1) is 0 Å².